The third kappa shape index (κ3) is 5.72. The lowest BCUT2D eigenvalue weighted by Crippen LogP contribution is -2.55. The van der Waals surface area contributed by atoms with Crippen molar-refractivity contribution in [1.82, 2.24) is 9.80 Å². The SMILES string of the molecule is CN(C)C(=O)CN1C(=O)CO[C@H](c2ccc(NC(=O)c3ccc(C(F)(F)F)cc3)cc2)[C@H]1CO. The van der Waals surface area contributed by atoms with Crippen LogP contribution in [0.25, 0.3) is 0 Å². The van der Waals surface area contributed by atoms with Crippen molar-refractivity contribution in [3.63, 3.8) is 0 Å². The van der Waals surface area contributed by atoms with E-state index in [-0.39, 0.29) is 24.6 Å². The molecule has 8 nitrogen and oxygen atoms in total. The van der Waals surface area contributed by atoms with Crippen LogP contribution in [0, 0.1) is 0 Å². The van der Waals surface area contributed by atoms with Gasteiger partial charge in [-0.15, -0.1) is 0 Å². The molecule has 1 fully saturated rings. The predicted octanol–water partition coefficient (Wildman–Crippen LogP) is 2.31. The fraction of sp³-hybridized carbons (Fsp3) is 0.348. The van der Waals surface area contributed by atoms with E-state index in [9.17, 15) is 32.7 Å². The number of ether oxygens (including phenoxy) is 1. The third-order valence-corrected chi connectivity index (χ3v) is 5.42. The molecule has 0 aliphatic carbocycles. The van der Waals surface area contributed by atoms with Gasteiger partial charge in [0.05, 0.1) is 18.2 Å². The molecule has 11 heteroatoms. The Bertz CT molecular complexity index is 1040. The van der Waals surface area contributed by atoms with Crippen LogP contribution in [0.1, 0.15) is 27.6 Å². The summed E-state index contributed by atoms with van der Waals surface area (Å²) >= 11 is 0. The number of nitrogens with zero attached hydrogens (tertiary/aromatic N) is 2. The van der Waals surface area contributed by atoms with Crippen molar-refractivity contribution in [1.29, 1.82) is 0 Å². The molecule has 3 amide bonds. The first-order chi connectivity index (χ1) is 16.0. The minimum atomic E-state index is -4.49. The Morgan fingerprint density at radius 2 is 1.74 bits per heavy atom. The fourth-order valence-electron chi connectivity index (χ4n) is 3.48. The van der Waals surface area contributed by atoms with Gasteiger partial charge in [-0.2, -0.15) is 13.2 Å². The summed E-state index contributed by atoms with van der Waals surface area (Å²) < 4.78 is 43.7. The summed E-state index contributed by atoms with van der Waals surface area (Å²) in [4.78, 5) is 39.4. The second-order valence-corrected chi connectivity index (χ2v) is 7.94. The number of benzene rings is 2. The van der Waals surface area contributed by atoms with E-state index in [1.54, 1.807) is 38.4 Å². The van der Waals surface area contributed by atoms with Crippen LogP contribution < -0.4 is 5.32 Å². The lowest BCUT2D eigenvalue weighted by molar-refractivity contribution is -0.164. The van der Waals surface area contributed by atoms with Crippen molar-refractivity contribution >= 4 is 23.4 Å². The molecule has 0 aromatic heterocycles. The molecular formula is C23H24F3N3O5. The van der Waals surface area contributed by atoms with Crippen LogP contribution in [0.15, 0.2) is 48.5 Å². The quantitative estimate of drug-likeness (QED) is 0.663. The number of halogens is 3. The van der Waals surface area contributed by atoms with Gasteiger partial charge in [-0.1, -0.05) is 12.1 Å². The first-order valence-corrected chi connectivity index (χ1v) is 10.3. The lowest BCUT2D eigenvalue weighted by Gasteiger charge is -2.40. The molecule has 3 rings (SSSR count). The summed E-state index contributed by atoms with van der Waals surface area (Å²) in [7, 11) is 3.13. The van der Waals surface area contributed by atoms with Crippen LogP contribution in [-0.2, 0) is 20.5 Å². The summed E-state index contributed by atoms with van der Waals surface area (Å²) in [5.41, 5.74) is 0.217. The van der Waals surface area contributed by atoms with E-state index in [2.05, 4.69) is 5.32 Å². The Kier molecular flexibility index (Phi) is 7.57. The molecular weight excluding hydrogens is 455 g/mol. The van der Waals surface area contributed by atoms with Crippen molar-refractivity contribution in [2.45, 2.75) is 18.3 Å². The number of hydrogen-bond donors (Lipinski definition) is 2. The molecule has 1 aliphatic heterocycles. The predicted molar refractivity (Wildman–Crippen MR) is 116 cm³/mol. The number of morpholine rings is 1. The molecule has 1 aliphatic rings. The van der Waals surface area contributed by atoms with Gasteiger partial charge in [0.1, 0.15) is 19.3 Å². The largest absolute Gasteiger partial charge is 0.416 e. The topological polar surface area (TPSA) is 99.2 Å². The van der Waals surface area contributed by atoms with E-state index in [0.29, 0.717) is 11.3 Å². The molecule has 0 bridgehead atoms. The van der Waals surface area contributed by atoms with E-state index < -0.39 is 42.3 Å². The van der Waals surface area contributed by atoms with Gasteiger partial charge >= 0.3 is 6.18 Å². The zero-order chi connectivity index (χ0) is 25.0. The Morgan fingerprint density at radius 1 is 1.12 bits per heavy atom. The van der Waals surface area contributed by atoms with Gasteiger partial charge in [0.2, 0.25) is 11.8 Å². The normalized spacial score (nSPS) is 18.5. The average Bonchev–Trinajstić information content (AvgIpc) is 2.80. The van der Waals surface area contributed by atoms with Crippen LogP contribution in [-0.4, -0.2) is 72.5 Å². The zero-order valence-corrected chi connectivity index (χ0v) is 18.5. The molecule has 0 spiro atoms. The maximum atomic E-state index is 12.7. The number of nitrogens with one attached hydrogen (secondary N) is 1. The van der Waals surface area contributed by atoms with Crippen molar-refractivity contribution < 1.29 is 37.4 Å². The molecule has 2 aromatic rings. The minimum absolute atomic E-state index is 0.0627. The molecule has 0 radical (unpaired) electrons. The molecule has 0 unspecified atom stereocenters. The Morgan fingerprint density at radius 3 is 2.26 bits per heavy atom. The molecule has 2 atom stereocenters. The average molecular weight is 479 g/mol. The highest BCUT2D eigenvalue weighted by Gasteiger charge is 2.38. The smallest absolute Gasteiger partial charge is 0.394 e. The summed E-state index contributed by atoms with van der Waals surface area (Å²) in [5.74, 6) is -1.29. The number of rotatable bonds is 6. The third-order valence-electron chi connectivity index (χ3n) is 5.42. The second-order valence-electron chi connectivity index (χ2n) is 7.94. The van der Waals surface area contributed by atoms with E-state index in [1.807, 2.05) is 0 Å². The lowest BCUT2D eigenvalue weighted by atomic mass is 9.99. The fourth-order valence-corrected chi connectivity index (χ4v) is 3.48. The number of carbonyl (C=O) groups is 3. The van der Waals surface area contributed by atoms with E-state index in [0.717, 1.165) is 24.3 Å². The van der Waals surface area contributed by atoms with Crippen molar-refractivity contribution in [2.24, 2.45) is 0 Å². The Balaban J connectivity index is 1.71. The molecule has 34 heavy (non-hydrogen) atoms. The van der Waals surface area contributed by atoms with Gasteiger partial charge in [0.25, 0.3) is 5.91 Å². The van der Waals surface area contributed by atoms with E-state index >= 15 is 0 Å². The Hall–Kier alpha value is -3.44. The summed E-state index contributed by atoms with van der Waals surface area (Å²) in [6.07, 6.45) is -5.18. The van der Waals surface area contributed by atoms with Crippen LogP contribution in [0.5, 0.6) is 0 Å². The van der Waals surface area contributed by atoms with Gasteiger partial charge in [-0.3, -0.25) is 14.4 Å². The van der Waals surface area contributed by atoms with Crippen molar-refractivity contribution in [3.8, 4) is 0 Å². The molecule has 2 aromatic carbocycles. The number of hydrogen-bond acceptors (Lipinski definition) is 5. The molecule has 1 heterocycles. The van der Waals surface area contributed by atoms with Crippen LogP contribution in [0.2, 0.25) is 0 Å². The maximum Gasteiger partial charge on any atom is 0.416 e. The highest BCUT2D eigenvalue weighted by atomic mass is 19.4. The van der Waals surface area contributed by atoms with Gasteiger partial charge in [-0.25, -0.2) is 0 Å². The van der Waals surface area contributed by atoms with Crippen molar-refractivity contribution in [2.75, 3.05) is 39.2 Å². The number of alkyl halides is 3. The molecule has 0 saturated carbocycles. The van der Waals surface area contributed by atoms with Crippen LogP contribution in [0.4, 0.5) is 18.9 Å². The second kappa shape index (κ2) is 10.2. The monoisotopic (exact) mass is 479 g/mol. The van der Waals surface area contributed by atoms with E-state index in [1.165, 1.54) is 9.80 Å². The maximum absolute atomic E-state index is 12.7. The highest BCUT2D eigenvalue weighted by Crippen LogP contribution is 2.31. The minimum Gasteiger partial charge on any atom is -0.394 e. The van der Waals surface area contributed by atoms with Crippen LogP contribution >= 0.6 is 0 Å². The molecule has 1 saturated heterocycles. The first-order valence-electron chi connectivity index (χ1n) is 10.3. The molecule has 182 valence electrons. The molecule has 2 N–H and O–H groups in total. The number of carbonyl (C=O) groups excluding carboxylic acids is 3. The number of aliphatic hydroxyl groups excluding tert-OH is 1. The number of anilines is 1. The standard InChI is InChI=1S/C23H24F3N3O5/c1-28(2)19(31)11-29-18(12-30)21(34-13-20(29)32)14-5-9-17(10-6-14)27-22(33)15-3-7-16(8-4-15)23(24,25)26/h3-10,18,21,30H,11-13H2,1-2H3,(H,27,33)/t18-,21-/m1/s1. The number of aliphatic hydroxyl groups is 1. The van der Waals surface area contributed by atoms with Gasteiger partial charge in [0.15, 0.2) is 0 Å². The van der Waals surface area contributed by atoms with Gasteiger partial charge in [0, 0.05) is 25.3 Å². The van der Waals surface area contributed by atoms with E-state index in [4.69, 9.17) is 4.74 Å². The highest BCUT2D eigenvalue weighted by molar-refractivity contribution is 6.04. The number of amides is 3. The van der Waals surface area contributed by atoms with Gasteiger partial charge in [-0.05, 0) is 42.0 Å². The summed E-state index contributed by atoms with van der Waals surface area (Å²) in [6.45, 7) is -0.879. The Labute approximate surface area is 193 Å². The number of likely N-dealkylation sites (N-methyl/N-ethyl adjacent to an activating group) is 1. The summed E-state index contributed by atoms with van der Waals surface area (Å²) in [5, 5.41) is 12.5. The van der Waals surface area contributed by atoms with Crippen LogP contribution in [0.3, 0.4) is 0 Å². The first kappa shape index (κ1) is 25.2. The summed E-state index contributed by atoms with van der Waals surface area (Å²) in [6, 6.07) is 9.49. The van der Waals surface area contributed by atoms with Crippen molar-refractivity contribution in [3.05, 3.63) is 65.2 Å². The zero-order valence-electron chi connectivity index (χ0n) is 18.5. The van der Waals surface area contributed by atoms with Gasteiger partial charge < -0.3 is 25.0 Å².